The molecule has 18 heavy (non-hydrogen) atoms. The van der Waals surface area contributed by atoms with Crippen LogP contribution < -0.4 is 5.32 Å². The van der Waals surface area contributed by atoms with Crippen molar-refractivity contribution in [2.45, 2.75) is 13.3 Å². The fraction of sp³-hybridized carbons (Fsp3) is 0.308. The van der Waals surface area contributed by atoms with E-state index in [0.717, 1.165) is 22.9 Å². The largest absolute Gasteiger partial charge is 0.450 e. The van der Waals surface area contributed by atoms with E-state index >= 15 is 0 Å². The molecule has 0 radical (unpaired) electrons. The van der Waals surface area contributed by atoms with Gasteiger partial charge in [-0.2, -0.15) is 0 Å². The van der Waals surface area contributed by atoms with E-state index in [1.807, 2.05) is 24.4 Å². The highest BCUT2D eigenvalue weighted by Crippen LogP contribution is 2.22. The van der Waals surface area contributed by atoms with Gasteiger partial charge in [-0.15, -0.1) is 0 Å². The zero-order chi connectivity index (χ0) is 13.0. The molecule has 0 fully saturated rings. The summed E-state index contributed by atoms with van der Waals surface area (Å²) in [6.45, 7) is 2.72. The molecule has 2 aromatic rings. The minimum atomic E-state index is -0.375. The number of fused-ring (bicyclic) bond motifs is 1. The van der Waals surface area contributed by atoms with Gasteiger partial charge in [0.05, 0.1) is 6.61 Å². The van der Waals surface area contributed by atoms with Crippen LogP contribution in [0.25, 0.3) is 10.9 Å². The Morgan fingerprint density at radius 1 is 1.50 bits per heavy atom. The van der Waals surface area contributed by atoms with Crippen molar-refractivity contribution in [3.05, 3.63) is 35.0 Å². The maximum atomic E-state index is 11.1. The van der Waals surface area contributed by atoms with Crippen LogP contribution in [-0.4, -0.2) is 24.2 Å². The van der Waals surface area contributed by atoms with Crippen LogP contribution in [0.5, 0.6) is 0 Å². The van der Waals surface area contributed by atoms with Gasteiger partial charge < -0.3 is 15.0 Å². The number of hydrogen-bond acceptors (Lipinski definition) is 2. The van der Waals surface area contributed by atoms with Crippen molar-refractivity contribution in [1.82, 2.24) is 10.3 Å². The second kappa shape index (κ2) is 5.78. The Morgan fingerprint density at radius 2 is 2.33 bits per heavy atom. The zero-order valence-electron chi connectivity index (χ0n) is 10.1. The topological polar surface area (TPSA) is 54.1 Å². The van der Waals surface area contributed by atoms with Gasteiger partial charge in [-0.05, 0) is 31.0 Å². The third-order valence-corrected chi connectivity index (χ3v) is 2.90. The van der Waals surface area contributed by atoms with Crippen LogP contribution in [0.2, 0.25) is 5.02 Å². The molecule has 0 atom stereocenters. The van der Waals surface area contributed by atoms with Crippen LogP contribution >= 0.6 is 11.6 Å². The smallest absolute Gasteiger partial charge is 0.407 e. The van der Waals surface area contributed by atoms with Crippen molar-refractivity contribution in [2.24, 2.45) is 0 Å². The maximum absolute atomic E-state index is 11.1. The molecule has 2 rings (SSSR count). The molecule has 0 bridgehead atoms. The molecule has 0 spiro atoms. The molecular weight excluding hydrogens is 252 g/mol. The maximum Gasteiger partial charge on any atom is 0.407 e. The predicted octanol–water partition coefficient (Wildman–Crippen LogP) is 3.11. The molecule has 4 nitrogen and oxygen atoms in total. The first-order valence-corrected chi connectivity index (χ1v) is 6.24. The lowest BCUT2D eigenvalue weighted by molar-refractivity contribution is 0.152. The molecule has 5 heteroatoms. The van der Waals surface area contributed by atoms with E-state index in [4.69, 9.17) is 16.3 Å². The fourth-order valence-electron chi connectivity index (χ4n) is 1.85. The van der Waals surface area contributed by atoms with Gasteiger partial charge in [0, 0.05) is 28.7 Å². The monoisotopic (exact) mass is 266 g/mol. The van der Waals surface area contributed by atoms with Crippen molar-refractivity contribution < 1.29 is 9.53 Å². The van der Waals surface area contributed by atoms with Gasteiger partial charge in [0.1, 0.15) is 0 Å². The van der Waals surface area contributed by atoms with Gasteiger partial charge in [0.25, 0.3) is 0 Å². The number of rotatable bonds is 4. The number of nitrogens with one attached hydrogen (secondary N) is 2. The minimum Gasteiger partial charge on any atom is -0.450 e. The number of halogens is 1. The Bertz CT molecular complexity index is 551. The highest BCUT2D eigenvalue weighted by atomic mass is 35.5. The summed E-state index contributed by atoms with van der Waals surface area (Å²) in [7, 11) is 0. The van der Waals surface area contributed by atoms with E-state index in [-0.39, 0.29) is 6.09 Å². The number of aromatic amines is 1. The number of H-pyrrole nitrogens is 1. The van der Waals surface area contributed by atoms with Crippen LogP contribution in [0.3, 0.4) is 0 Å². The standard InChI is InChI=1S/C13H15ClN2O2/c1-2-18-13(17)15-6-5-9-8-16-12-7-10(14)3-4-11(9)12/h3-4,7-8,16H,2,5-6H2,1H3,(H,15,17). The normalized spacial score (nSPS) is 10.6. The Hall–Kier alpha value is -1.68. The molecular formula is C13H15ClN2O2. The van der Waals surface area contributed by atoms with Crippen molar-refractivity contribution in [3.63, 3.8) is 0 Å². The quantitative estimate of drug-likeness (QED) is 0.893. The van der Waals surface area contributed by atoms with Gasteiger partial charge in [0.15, 0.2) is 0 Å². The van der Waals surface area contributed by atoms with Crippen molar-refractivity contribution in [2.75, 3.05) is 13.2 Å². The molecule has 1 aromatic carbocycles. The van der Waals surface area contributed by atoms with Gasteiger partial charge in [-0.1, -0.05) is 17.7 Å². The zero-order valence-corrected chi connectivity index (χ0v) is 10.9. The van der Waals surface area contributed by atoms with Crippen LogP contribution in [0.4, 0.5) is 4.79 Å². The molecule has 2 N–H and O–H groups in total. The van der Waals surface area contributed by atoms with E-state index in [1.54, 1.807) is 6.92 Å². The number of hydrogen-bond donors (Lipinski definition) is 2. The average Bonchev–Trinajstić information content (AvgIpc) is 2.72. The molecule has 0 saturated heterocycles. The lowest BCUT2D eigenvalue weighted by Crippen LogP contribution is -2.26. The minimum absolute atomic E-state index is 0.375. The predicted molar refractivity (Wildman–Crippen MR) is 72.0 cm³/mol. The molecule has 0 saturated carbocycles. The second-order valence-corrected chi connectivity index (χ2v) is 4.34. The van der Waals surface area contributed by atoms with E-state index in [1.165, 1.54) is 0 Å². The van der Waals surface area contributed by atoms with E-state index in [9.17, 15) is 4.79 Å². The molecule has 1 heterocycles. The van der Waals surface area contributed by atoms with E-state index in [2.05, 4.69) is 10.3 Å². The number of carbonyl (C=O) groups is 1. The van der Waals surface area contributed by atoms with Crippen molar-refractivity contribution in [1.29, 1.82) is 0 Å². The van der Waals surface area contributed by atoms with Gasteiger partial charge in [-0.3, -0.25) is 0 Å². The summed E-state index contributed by atoms with van der Waals surface area (Å²) in [6.07, 6.45) is 2.31. The second-order valence-electron chi connectivity index (χ2n) is 3.90. The first-order valence-electron chi connectivity index (χ1n) is 5.87. The van der Waals surface area contributed by atoms with Gasteiger partial charge in [0.2, 0.25) is 0 Å². The third-order valence-electron chi connectivity index (χ3n) is 2.67. The van der Waals surface area contributed by atoms with Crippen molar-refractivity contribution in [3.8, 4) is 0 Å². The molecule has 0 unspecified atom stereocenters. The molecule has 0 aliphatic heterocycles. The van der Waals surface area contributed by atoms with Gasteiger partial charge in [-0.25, -0.2) is 4.79 Å². The number of amides is 1. The average molecular weight is 267 g/mol. The Morgan fingerprint density at radius 3 is 3.11 bits per heavy atom. The molecule has 1 aromatic heterocycles. The Kier molecular flexibility index (Phi) is 4.10. The van der Waals surface area contributed by atoms with E-state index in [0.29, 0.717) is 18.2 Å². The SMILES string of the molecule is CCOC(=O)NCCc1c[nH]c2cc(Cl)ccc12. The van der Waals surface area contributed by atoms with Crippen LogP contribution in [0.15, 0.2) is 24.4 Å². The fourth-order valence-corrected chi connectivity index (χ4v) is 2.02. The first kappa shape index (κ1) is 12.8. The summed E-state index contributed by atoms with van der Waals surface area (Å²) in [4.78, 5) is 14.3. The number of ether oxygens (including phenoxy) is 1. The lowest BCUT2D eigenvalue weighted by Gasteiger charge is -2.04. The lowest BCUT2D eigenvalue weighted by atomic mass is 10.1. The van der Waals surface area contributed by atoms with Crippen molar-refractivity contribution >= 4 is 28.6 Å². The number of carbonyl (C=O) groups excluding carboxylic acids is 1. The summed E-state index contributed by atoms with van der Waals surface area (Å²) in [5, 5.41) is 4.54. The molecule has 96 valence electrons. The summed E-state index contributed by atoms with van der Waals surface area (Å²) in [6, 6.07) is 5.73. The summed E-state index contributed by atoms with van der Waals surface area (Å²) >= 11 is 5.92. The highest BCUT2D eigenvalue weighted by molar-refractivity contribution is 6.31. The van der Waals surface area contributed by atoms with Crippen LogP contribution in [-0.2, 0) is 11.2 Å². The first-order chi connectivity index (χ1) is 8.70. The van der Waals surface area contributed by atoms with E-state index < -0.39 is 0 Å². The number of benzene rings is 1. The summed E-state index contributed by atoms with van der Waals surface area (Å²) < 4.78 is 4.79. The molecule has 0 aliphatic carbocycles. The van der Waals surface area contributed by atoms with Crippen LogP contribution in [0, 0.1) is 0 Å². The van der Waals surface area contributed by atoms with Gasteiger partial charge >= 0.3 is 6.09 Å². The molecule has 1 amide bonds. The summed E-state index contributed by atoms with van der Waals surface area (Å²) in [5.74, 6) is 0. The Balaban J connectivity index is 1.98. The molecule has 0 aliphatic rings. The van der Waals surface area contributed by atoms with Crippen LogP contribution in [0.1, 0.15) is 12.5 Å². The highest BCUT2D eigenvalue weighted by Gasteiger charge is 2.05. The number of alkyl carbamates (subject to hydrolysis) is 1. The summed E-state index contributed by atoms with van der Waals surface area (Å²) in [5.41, 5.74) is 2.16. The Labute approximate surface area is 110 Å². The number of aromatic nitrogens is 1. The third kappa shape index (κ3) is 2.96.